The number of sulfonamides is 1. The van der Waals surface area contributed by atoms with Crippen LogP contribution < -0.4 is 10.0 Å². The highest BCUT2D eigenvalue weighted by atomic mass is 35.5. The fraction of sp³-hybridized carbons (Fsp3) is 0.538. The summed E-state index contributed by atoms with van der Waals surface area (Å²) in [5, 5.41) is 3.52. The van der Waals surface area contributed by atoms with Gasteiger partial charge in [0.2, 0.25) is 10.0 Å². The van der Waals surface area contributed by atoms with Gasteiger partial charge in [-0.1, -0.05) is 44.0 Å². The van der Waals surface area contributed by atoms with Gasteiger partial charge in [-0.25, -0.2) is 13.1 Å². The van der Waals surface area contributed by atoms with Crippen LogP contribution in [-0.4, -0.2) is 22.0 Å². The van der Waals surface area contributed by atoms with Gasteiger partial charge in [-0.3, -0.25) is 0 Å². The molecule has 0 spiro atoms. The van der Waals surface area contributed by atoms with Crippen LogP contribution in [0, 0.1) is 5.41 Å². The Hall–Kier alpha value is -0.330. The van der Waals surface area contributed by atoms with Crippen molar-refractivity contribution in [2.24, 2.45) is 5.41 Å². The molecule has 0 aliphatic heterocycles. The lowest BCUT2D eigenvalue weighted by Gasteiger charge is -2.19. The lowest BCUT2D eigenvalue weighted by molar-refractivity contribution is 0.407. The summed E-state index contributed by atoms with van der Waals surface area (Å²) in [6, 6.07) is 2.97. The van der Waals surface area contributed by atoms with Gasteiger partial charge in [0.05, 0.1) is 5.02 Å². The van der Waals surface area contributed by atoms with Gasteiger partial charge >= 0.3 is 0 Å². The van der Waals surface area contributed by atoms with E-state index in [2.05, 4.69) is 10.0 Å². The molecular formula is C13H20Cl2N2O2S. The molecule has 2 N–H and O–H groups in total. The maximum Gasteiger partial charge on any atom is 0.242 e. The van der Waals surface area contributed by atoms with E-state index in [0.29, 0.717) is 23.7 Å². The molecule has 7 heteroatoms. The van der Waals surface area contributed by atoms with Crippen molar-refractivity contribution in [3.05, 3.63) is 27.7 Å². The van der Waals surface area contributed by atoms with Crippen molar-refractivity contribution in [2.75, 3.05) is 13.6 Å². The predicted molar refractivity (Wildman–Crippen MR) is 83.9 cm³/mol. The Labute approximate surface area is 130 Å². The van der Waals surface area contributed by atoms with E-state index in [1.54, 1.807) is 13.1 Å². The highest BCUT2D eigenvalue weighted by Gasteiger charge is 2.23. The third-order valence-electron chi connectivity index (χ3n) is 2.59. The van der Waals surface area contributed by atoms with Crippen LogP contribution in [0.15, 0.2) is 17.0 Å². The number of hydrogen-bond donors (Lipinski definition) is 2. The Balaban J connectivity index is 3.16. The van der Waals surface area contributed by atoms with Gasteiger partial charge < -0.3 is 5.32 Å². The molecular weight excluding hydrogens is 319 g/mol. The van der Waals surface area contributed by atoms with Crippen LogP contribution in [0.2, 0.25) is 10.0 Å². The molecule has 0 heterocycles. The molecule has 0 aliphatic rings. The summed E-state index contributed by atoms with van der Waals surface area (Å²) in [6.07, 6.45) is 0. The van der Waals surface area contributed by atoms with E-state index in [1.807, 2.05) is 20.8 Å². The highest BCUT2D eigenvalue weighted by Crippen LogP contribution is 2.31. The molecule has 4 nitrogen and oxygen atoms in total. The molecule has 1 rings (SSSR count). The highest BCUT2D eigenvalue weighted by molar-refractivity contribution is 7.89. The van der Waals surface area contributed by atoms with Crippen LogP contribution in [0.3, 0.4) is 0 Å². The molecule has 0 aliphatic carbocycles. The van der Waals surface area contributed by atoms with Gasteiger partial charge in [0.1, 0.15) is 4.90 Å². The number of halogens is 2. The first kappa shape index (κ1) is 17.7. The standard InChI is InChI=1S/C13H20Cl2N2O2S/c1-13(2,3)8-17-20(18,19)11-6-5-10(14)9(7-16-4)12(11)15/h5-6,16-17H,7-8H2,1-4H3. The number of hydrogen-bond acceptors (Lipinski definition) is 3. The zero-order chi connectivity index (χ0) is 15.6. The normalized spacial score (nSPS) is 12.7. The van der Waals surface area contributed by atoms with Crippen LogP contribution in [0.5, 0.6) is 0 Å². The summed E-state index contributed by atoms with van der Waals surface area (Å²) in [5.41, 5.74) is 0.425. The average molecular weight is 339 g/mol. The van der Waals surface area contributed by atoms with Crippen molar-refractivity contribution in [2.45, 2.75) is 32.2 Å². The van der Waals surface area contributed by atoms with Crippen molar-refractivity contribution in [3.63, 3.8) is 0 Å². The maximum atomic E-state index is 12.3. The summed E-state index contributed by atoms with van der Waals surface area (Å²) in [4.78, 5) is 0.0538. The third kappa shape index (κ3) is 4.60. The average Bonchev–Trinajstić information content (AvgIpc) is 2.31. The van der Waals surface area contributed by atoms with Crippen molar-refractivity contribution in [3.8, 4) is 0 Å². The second kappa shape index (κ2) is 6.62. The van der Waals surface area contributed by atoms with Gasteiger partial charge in [-0.05, 0) is 24.6 Å². The van der Waals surface area contributed by atoms with Gasteiger partial charge in [0.25, 0.3) is 0 Å². The molecule has 0 saturated carbocycles. The molecule has 0 radical (unpaired) electrons. The molecule has 1 aromatic rings. The van der Waals surface area contributed by atoms with E-state index in [1.165, 1.54) is 6.07 Å². The second-order valence-electron chi connectivity index (χ2n) is 5.75. The summed E-state index contributed by atoms with van der Waals surface area (Å²) in [6.45, 7) is 6.58. The third-order valence-corrected chi connectivity index (χ3v) is 4.93. The predicted octanol–water partition coefficient (Wildman–Crippen LogP) is 3.04. The molecule has 0 amide bonds. The molecule has 20 heavy (non-hydrogen) atoms. The van der Waals surface area contributed by atoms with Crippen LogP contribution in [0.25, 0.3) is 0 Å². The van der Waals surface area contributed by atoms with E-state index >= 15 is 0 Å². The topological polar surface area (TPSA) is 58.2 Å². The Morgan fingerprint density at radius 3 is 2.30 bits per heavy atom. The Morgan fingerprint density at radius 2 is 1.80 bits per heavy atom. The zero-order valence-electron chi connectivity index (χ0n) is 12.0. The minimum atomic E-state index is -3.65. The van der Waals surface area contributed by atoms with Gasteiger partial charge in [-0.2, -0.15) is 0 Å². The first-order chi connectivity index (χ1) is 9.08. The first-order valence-electron chi connectivity index (χ1n) is 6.19. The molecule has 0 bridgehead atoms. The Bertz CT molecular complexity index is 581. The van der Waals surface area contributed by atoms with Gasteiger partial charge in [-0.15, -0.1) is 0 Å². The van der Waals surface area contributed by atoms with Crippen LogP contribution in [0.1, 0.15) is 26.3 Å². The summed E-state index contributed by atoms with van der Waals surface area (Å²) in [7, 11) is -1.91. The lowest BCUT2D eigenvalue weighted by atomic mass is 9.98. The van der Waals surface area contributed by atoms with Gasteiger partial charge in [0.15, 0.2) is 0 Å². The zero-order valence-corrected chi connectivity index (χ0v) is 14.4. The molecule has 114 valence electrons. The SMILES string of the molecule is CNCc1c(Cl)ccc(S(=O)(=O)NCC(C)(C)C)c1Cl. The summed E-state index contributed by atoms with van der Waals surface area (Å²) >= 11 is 12.2. The fourth-order valence-electron chi connectivity index (χ4n) is 1.51. The van der Waals surface area contributed by atoms with Crippen LogP contribution >= 0.6 is 23.2 Å². The first-order valence-corrected chi connectivity index (χ1v) is 8.43. The molecule has 0 fully saturated rings. The lowest BCUT2D eigenvalue weighted by Crippen LogP contribution is -2.32. The van der Waals surface area contributed by atoms with Crippen molar-refractivity contribution >= 4 is 33.2 Å². The second-order valence-corrected chi connectivity index (χ2v) is 8.27. The van der Waals surface area contributed by atoms with Gasteiger partial charge in [0, 0.05) is 23.7 Å². The van der Waals surface area contributed by atoms with E-state index in [0.717, 1.165) is 0 Å². The number of benzene rings is 1. The van der Waals surface area contributed by atoms with Crippen molar-refractivity contribution < 1.29 is 8.42 Å². The largest absolute Gasteiger partial charge is 0.316 e. The van der Waals surface area contributed by atoms with E-state index in [4.69, 9.17) is 23.2 Å². The quantitative estimate of drug-likeness (QED) is 0.867. The number of rotatable bonds is 5. The maximum absolute atomic E-state index is 12.3. The monoisotopic (exact) mass is 338 g/mol. The smallest absolute Gasteiger partial charge is 0.242 e. The molecule has 0 unspecified atom stereocenters. The summed E-state index contributed by atoms with van der Waals surface area (Å²) < 4.78 is 27.2. The van der Waals surface area contributed by atoms with E-state index in [-0.39, 0.29) is 15.3 Å². The van der Waals surface area contributed by atoms with E-state index in [9.17, 15) is 8.42 Å². The molecule has 0 aromatic heterocycles. The minimum Gasteiger partial charge on any atom is -0.316 e. The van der Waals surface area contributed by atoms with Crippen molar-refractivity contribution in [1.82, 2.24) is 10.0 Å². The Kier molecular flexibility index (Phi) is 5.87. The molecule has 1 aromatic carbocycles. The minimum absolute atomic E-state index is 0.0538. The fourth-order valence-corrected chi connectivity index (χ4v) is 3.71. The Morgan fingerprint density at radius 1 is 1.20 bits per heavy atom. The van der Waals surface area contributed by atoms with Crippen LogP contribution in [-0.2, 0) is 16.6 Å². The summed E-state index contributed by atoms with van der Waals surface area (Å²) in [5.74, 6) is 0. The van der Waals surface area contributed by atoms with Crippen molar-refractivity contribution in [1.29, 1.82) is 0 Å². The van der Waals surface area contributed by atoms with E-state index < -0.39 is 10.0 Å². The molecule has 0 saturated heterocycles. The number of nitrogens with one attached hydrogen (secondary N) is 2. The molecule has 0 atom stereocenters. The van der Waals surface area contributed by atoms with Crippen LogP contribution in [0.4, 0.5) is 0 Å².